The summed E-state index contributed by atoms with van der Waals surface area (Å²) in [6.45, 7) is 2.07. The van der Waals surface area contributed by atoms with Crippen LogP contribution in [0.15, 0.2) is 60.9 Å². The number of hydrogen-bond acceptors (Lipinski definition) is 3. The van der Waals surface area contributed by atoms with E-state index in [-0.39, 0.29) is 0 Å². The second-order valence-corrected chi connectivity index (χ2v) is 5.79. The molecule has 110 valence electrons. The van der Waals surface area contributed by atoms with Gasteiger partial charge in [0.1, 0.15) is 0 Å². The molecule has 0 bridgehead atoms. The first-order valence-corrected chi connectivity index (χ1v) is 7.45. The summed E-state index contributed by atoms with van der Waals surface area (Å²) in [6.07, 6.45) is 3.86. The molecule has 0 fully saturated rings. The van der Waals surface area contributed by atoms with Crippen LogP contribution in [0.25, 0.3) is 5.69 Å². The van der Waals surface area contributed by atoms with Gasteiger partial charge >= 0.3 is 0 Å². The SMILES string of the molecule is CN1Cc2ccc(Nc3cnn(-c4ccccc4)c3)cc2C1. The zero-order chi connectivity index (χ0) is 14.9. The number of aromatic nitrogens is 2. The molecule has 2 aromatic carbocycles. The van der Waals surface area contributed by atoms with Crippen molar-refractivity contribution < 1.29 is 0 Å². The third-order valence-corrected chi connectivity index (χ3v) is 3.98. The first kappa shape index (κ1) is 13.1. The largest absolute Gasteiger partial charge is 0.353 e. The lowest BCUT2D eigenvalue weighted by atomic mass is 10.1. The Bertz CT molecular complexity index is 792. The van der Waals surface area contributed by atoms with Crippen molar-refractivity contribution in [2.75, 3.05) is 12.4 Å². The van der Waals surface area contributed by atoms with Crippen LogP contribution < -0.4 is 5.32 Å². The quantitative estimate of drug-likeness (QED) is 0.800. The van der Waals surface area contributed by atoms with Gasteiger partial charge in [-0.25, -0.2) is 4.68 Å². The highest BCUT2D eigenvalue weighted by Crippen LogP contribution is 2.26. The van der Waals surface area contributed by atoms with E-state index in [0.29, 0.717) is 0 Å². The lowest BCUT2D eigenvalue weighted by molar-refractivity contribution is 0.353. The fraction of sp³-hybridized carbons (Fsp3) is 0.167. The van der Waals surface area contributed by atoms with Crippen molar-refractivity contribution in [3.05, 3.63) is 72.1 Å². The summed E-state index contributed by atoms with van der Waals surface area (Å²) < 4.78 is 1.88. The van der Waals surface area contributed by atoms with E-state index in [1.807, 2.05) is 47.4 Å². The van der Waals surface area contributed by atoms with Gasteiger partial charge in [-0.3, -0.25) is 4.90 Å². The normalized spacial score (nSPS) is 14.0. The lowest BCUT2D eigenvalue weighted by Gasteiger charge is -2.06. The van der Waals surface area contributed by atoms with E-state index in [9.17, 15) is 0 Å². The average molecular weight is 290 g/mol. The van der Waals surface area contributed by atoms with Crippen LogP contribution in [0.4, 0.5) is 11.4 Å². The molecule has 4 rings (SSSR count). The number of nitrogens with one attached hydrogen (secondary N) is 1. The molecule has 1 aromatic heterocycles. The standard InChI is InChI=1S/C18H18N4/c1-21-11-14-7-8-16(9-15(14)12-21)20-17-10-19-22(13-17)18-5-3-2-4-6-18/h2-10,13,20H,11-12H2,1H3. The highest BCUT2D eigenvalue weighted by molar-refractivity contribution is 5.60. The highest BCUT2D eigenvalue weighted by Gasteiger charge is 2.15. The molecule has 22 heavy (non-hydrogen) atoms. The summed E-state index contributed by atoms with van der Waals surface area (Å²) >= 11 is 0. The zero-order valence-corrected chi connectivity index (χ0v) is 12.5. The molecule has 0 unspecified atom stereocenters. The minimum absolute atomic E-state index is 0.996. The number of benzene rings is 2. The third-order valence-electron chi connectivity index (χ3n) is 3.98. The summed E-state index contributed by atoms with van der Waals surface area (Å²) in [5.41, 5.74) is 6.00. The molecular formula is C18H18N4. The van der Waals surface area contributed by atoms with E-state index in [2.05, 4.69) is 40.6 Å². The number of anilines is 2. The van der Waals surface area contributed by atoms with Crippen molar-refractivity contribution in [2.45, 2.75) is 13.1 Å². The van der Waals surface area contributed by atoms with Crippen molar-refractivity contribution >= 4 is 11.4 Å². The Balaban J connectivity index is 1.55. The predicted octanol–water partition coefficient (Wildman–Crippen LogP) is 3.56. The highest BCUT2D eigenvalue weighted by atomic mass is 15.3. The van der Waals surface area contributed by atoms with E-state index in [1.165, 1.54) is 11.1 Å². The van der Waals surface area contributed by atoms with Gasteiger partial charge in [-0.15, -0.1) is 0 Å². The summed E-state index contributed by atoms with van der Waals surface area (Å²) in [4.78, 5) is 2.32. The Morgan fingerprint density at radius 1 is 0.955 bits per heavy atom. The molecule has 1 N–H and O–H groups in total. The van der Waals surface area contributed by atoms with E-state index in [1.54, 1.807) is 0 Å². The Kier molecular flexibility index (Phi) is 3.16. The van der Waals surface area contributed by atoms with Crippen LogP contribution >= 0.6 is 0 Å². The summed E-state index contributed by atoms with van der Waals surface area (Å²) in [6, 6.07) is 16.7. The molecule has 2 heterocycles. The summed E-state index contributed by atoms with van der Waals surface area (Å²) in [7, 11) is 2.15. The molecule has 4 heteroatoms. The van der Waals surface area contributed by atoms with Gasteiger partial charge in [-0.05, 0) is 42.4 Å². The first-order chi connectivity index (χ1) is 10.8. The summed E-state index contributed by atoms with van der Waals surface area (Å²) in [5, 5.41) is 7.85. The summed E-state index contributed by atoms with van der Waals surface area (Å²) in [5.74, 6) is 0. The van der Waals surface area contributed by atoms with Crippen LogP contribution in [0, 0.1) is 0 Å². The molecular weight excluding hydrogens is 272 g/mol. The molecule has 0 radical (unpaired) electrons. The van der Waals surface area contributed by atoms with E-state index in [0.717, 1.165) is 30.2 Å². The van der Waals surface area contributed by atoms with Crippen LogP contribution in [-0.4, -0.2) is 21.7 Å². The van der Waals surface area contributed by atoms with E-state index >= 15 is 0 Å². The molecule has 0 saturated carbocycles. The van der Waals surface area contributed by atoms with Gasteiger partial charge in [0.2, 0.25) is 0 Å². The fourth-order valence-corrected chi connectivity index (χ4v) is 2.92. The Hall–Kier alpha value is -2.59. The van der Waals surface area contributed by atoms with Gasteiger partial charge in [0.15, 0.2) is 0 Å². The average Bonchev–Trinajstić information content (AvgIpc) is 3.13. The fourth-order valence-electron chi connectivity index (χ4n) is 2.92. The second-order valence-electron chi connectivity index (χ2n) is 5.79. The number of hydrogen-bond donors (Lipinski definition) is 1. The van der Waals surface area contributed by atoms with E-state index in [4.69, 9.17) is 0 Å². The van der Waals surface area contributed by atoms with Crippen molar-refractivity contribution in [3.63, 3.8) is 0 Å². The Morgan fingerprint density at radius 3 is 2.64 bits per heavy atom. The topological polar surface area (TPSA) is 33.1 Å². The molecule has 0 saturated heterocycles. The minimum Gasteiger partial charge on any atom is -0.353 e. The monoisotopic (exact) mass is 290 g/mol. The van der Waals surface area contributed by atoms with Crippen molar-refractivity contribution in [1.82, 2.24) is 14.7 Å². The maximum Gasteiger partial charge on any atom is 0.0775 e. The molecule has 0 aliphatic carbocycles. The molecule has 3 aromatic rings. The van der Waals surface area contributed by atoms with Gasteiger partial charge < -0.3 is 5.32 Å². The molecule has 1 aliphatic rings. The van der Waals surface area contributed by atoms with Gasteiger partial charge in [0.25, 0.3) is 0 Å². The Morgan fingerprint density at radius 2 is 1.77 bits per heavy atom. The Labute approximate surface area is 130 Å². The number of para-hydroxylation sites is 1. The molecule has 0 atom stereocenters. The zero-order valence-electron chi connectivity index (χ0n) is 12.5. The van der Waals surface area contributed by atoms with Crippen molar-refractivity contribution in [2.24, 2.45) is 0 Å². The van der Waals surface area contributed by atoms with Crippen LogP contribution in [0.5, 0.6) is 0 Å². The number of nitrogens with zero attached hydrogens (tertiary/aromatic N) is 3. The van der Waals surface area contributed by atoms with Crippen molar-refractivity contribution in [3.8, 4) is 5.69 Å². The van der Waals surface area contributed by atoms with Crippen LogP contribution in [0.1, 0.15) is 11.1 Å². The van der Waals surface area contributed by atoms with Gasteiger partial charge in [0.05, 0.1) is 23.8 Å². The lowest BCUT2D eigenvalue weighted by Crippen LogP contribution is -2.07. The van der Waals surface area contributed by atoms with Crippen LogP contribution in [0.2, 0.25) is 0 Å². The van der Waals surface area contributed by atoms with Gasteiger partial charge in [0, 0.05) is 18.8 Å². The van der Waals surface area contributed by atoms with E-state index < -0.39 is 0 Å². The maximum absolute atomic E-state index is 4.41. The molecule has 0 spiro atoms. The molecule has 4 nitrogen and oxygen atoms in total. The number of rotatable bonds is 3. The van der Waals surface area contributed by atoms with Gasteiger partial charge in [-0.2, -0.15) is 5.10 Å². The number of fused-ring (bicyclic) bond motifs is 1. The second kappa shape index (κ2) is 5.31. The van der Waals surface area contributed by atoms with Crippen LogP contribution in [-0.2, 0) is 13.1 Å². The van der Waals surface area contributed by atoms with Crippen LogP contribution in [0.3, 0.4) is 0 Å². The smallest absolute Gasteiger partial charge is 0.0775 e. The third kappa shape index (κ3) is 2.49. The van der Waals surface area contributed by atoms with Crippen molar-refractivity contribution in [1.29, 1.82) is 0 Å². The predicted molar refractivity (Wildman–Crippen MR) is 88.5 cm³/mol. The molecule has 1 aliphatic heterocycles. The van der Waals surface area contributed by atoms with Gasteiger partial charge in [-0.1, -0.05) is 24.3 Å². The maximum atomic E-state index is 4.41. The minimum atomic E-state index is 0.996. The molecule has 0 amide bonds. The first-order valence-electron chi connectivity index (χ1n) is 7.45.